The molecule has 8 nitrogen and oxygen atoms in total. The summed E-state index contributed by atoms with van der Waals surface area (Å²) in [5.41, 5.74) is -1.07. The number of aromatic nitrogens is 2. The summed E-state index contributed by atoms with van der Waals surface area (Å²) in [4.78, 5) is 29.1. The van der Waals surface area contributed by atoms with E-state index in [2.05, 4.69) is 16.3 Å². The maximum Gasteiger partial charge on any atom is 0.573 e. The van der Waals surface area contributed by atoms with E-state index < -0.39 is 23.4 Å². The third-order valence-electron chi connectivity index (χ3n) is 3.93. The highest BCUT2D eigenvalue weighted by molar-refractivity contribution is 5.91. The van der Waals surface area contributed by atoms with Crippen molar-refractivity contribution in [2.45, 2.75) is 26.3 Å². The second kappa shape index (κ2) is 9.44. The summed E-state index contributed by atoms with van der Waals surface area (Å²) >= 11 is 0. The number of aliphatic hydroxyl groups is 1. The van der Waals surface area contributed by atoms with Crippen molar-refractivity contribution in [3.8, 4) is 11.5 Å². The summed E-state index contributed by atoms with van der Waals surface area (Å²) in [6, 6.07) is 4.78. The molecule has 162 valence electrons. The summed E-state index contributed by atoms with van der Waals surface area (Å²) in [7, 11) is 1.40. The highest BCUT2D eigenvalue weighted by Crippen LogP contribution is 2.26. The molecule has 1 aromatic carbocycles. The lowest BCUT2D eigenvalue weighted by Crippen LogP contribution is -2.40. The average Bonchev–Trinajstić information content (AvgIpc) is 2.68. The van der Waals surface area contributed by atoms with Crippen molar-refractivity contribution < 1.29 is 27.8 Å². The van der Waals surface area contributed by atoms with E-state index in [-0.39, 0.29) is 42.6 Å². The van der Waals surface area contributed by atoms with Crippen molar-refractivity contribution in [3.05, 3.63) is 63.3 Å². The molecule has 0 unspecified atom stereocenters. The molecule has 0 amide bonds. The Morgan fingerprint density at radius 2 is 1.97 bits per heavy atom. The second-order valence-electron chi connectivity index (χ2n) is 6.10. The lowest BCUT2D eigenvalue weighted by molar-refractivity contribution is -0.274. The van der Waals surface area contributed by atoms with E-state index in [9.17, 15) is 22.8 Å². The summed E-state index contributed by atoms with van der Waals surface area (Å²) < 4.78 is 48.5. The maximum absolute atomic E-state index is 12.5. The minimum absolute atomic E-state index is 0.00263. The van der Waals surface area contributed by atoms with Crippen LogP contribution in [0.15, 0.2) is 51.5 Å². The molecule has 0 aliphatic carbocycles. The van der Waals surface area contributed by atoms with Crippen molar-refractivity contribution >= 4 is 11.7 Å². The number of hydrogen-bond donors (Lipinski definition) is 1. The zero-order valence-corrected chi connectivity index (χ0v) is 16.3. The van der Waals surface area contributed by atoms with Crippen LogP contribution in [0.4, 0.5) is 19.0 Å². The zero-order valence-electron chi connectivity index (χ0n) is 16.3. The molecule has 0 atom stereocenters. The lowest BCUT2D eigenvalue weighted by Gasteiger charge is -2.13. The maximum atomic E-state index is 12.5. The molecule has 0 bridgehead atoms. The molecule has 1 aromatic heterocycles. The first kappa shape index (κ1) is 22.9. The minimum Gasteiger partial charge on any atom is -0.439 e. The van der Waals surface area contributed by atoms with Gasteiger partial charge < -0.3 is 14.6 Å². The third kappa shape index (κ3) is 5.60. The molecule has 1 heterocycles. The number of halogens is 3. The van der Waals surface area contributed by atoms with Gasteiger partial charge in [-0.25, -0.2) is 4.79 Å². The van der Waals surface area contributed by atoms with E-state index in [1.165, 1.54) is 32.2 Å². The number of aliphatic hydroxyl groups excluding tert-OH is 1. The molecule has 0 aliphatic heterocycles. The monoisotopic (exact) mass is 427 g/mol. The summed E-state index contributed by atoms with van der Waals surface area (Å²) in [5, 5.41) is 8.93. The first-order chi connectivity index (χ1) is 14.1. The first-order valence-corrected chi connectivity index (χ1v) is 8.73. The van der Waals surface area contributed by atoms with Crippen molar-refractivity contribution in [1.29, 1.82) is 0 Å². The first-order valence-electron chi connectivity index (χ1n) is 8.73. The van der Waals surface area contributed by atoms with Crippen LogP contribution in [0.1, 0.15) is 12.0 Å². The van der Waals surface area contributed by atoms with Crippen molar-refractivity contribution in [2.24, 2.45) is 12.0 Å². The van der Waals surface area contributed by atoms with Crippen LogP contribution >= 0.6 is 0 Å². The summed E-state index contributed by atoms with van der Waals surface area (Å²) in [6.45, 7) is 4.86. The van der Waals surface area contributed by atoms with Gasteiger partial charge in [0, 0.05) is 26.3 Å². The Bertz CT molecular complexity index is 1030. The fourth-order valence-corrected chi connectivity index (χ4v) is 2.56. The number of benzene rings is 1. The molecule has 2 rings (SSSR count). The highest BCUT2D eigenvalue weighted by Gasteiger charge is 2.31. The molecule has 0 fully saturated rings. The predicted octanol–water partition coefficient (Wildman–Crippen LogP) is 2.43. The largest absolute Gasteiger partial charge is 0.573 e. The number of aliphatic imine (C=N–C) groups is 1. The molecule has 11 heteroatoms. The molecule has 0 radical (unpaired) electrons. The van der Waals surface area contributed by atoms with E-state index in [1.807, 2.05) is 0 Å². The predicted molar refractivity (Wildman–Crippen MR) is 103 cm³/mol. The fraction of sp³-hybridized carbons (Fsp3) is 0.316. The van der Waals surface area contributed by atoms with Gasteiger partial charge in [-0.2, -0.15) is 4.99 Å². The molecular weight excluding hydrogens is 407 g/mol. The van der Waals surface area contributed by atoms with Gasteiger partial charge in [-0.3, -0.25) is 13.9 Å². The molecule has 1 N–H and O–H groups in total. The Kier molecular flexibility index (Phi) is 7.22. The SMILES string of the molecule is C=CC(=Nc1c(C)c(=O)n(CCCO)c(=O)n1C)Oc1cccc(OC(F)(F)F)c1. The van der Waals surface area contributed by atoms with Gasteiger partial charge in [0.15, 0.2) is 0 Å². The summed E-state index contributed by atoms with van der Waals surface area (Å²) in [5.74, 6) is -0.652. The molecular formula is C19H20F3N3O5. The molecule has 30 heavy (non-hydrogen) atoms. The number of nitrogens with zero attached hydrogens (tertiary/aromatic N) is 3. The van der Waals surface area contributed by atoms with Crippen LogP contribution in [0.25, 0.3) is 0 Å². The van der Waals surface area contributed by atoms with Gasteiger partial charge in [0.25, 0.3) is 5.56 Å². The Morgan fingerprint density at radius 1 is 1.30 bits per heavy atom. The third-order valence-corrected chi connectivity index (χ3v) is 3.93. The van der Waals surface area contributed by atoms with Gasteiger partial charge in [-0.15, -0.1) is 13.2 Å². The van der Waals surface area contributed by atoms with E-state index in [0.717, 1.165) is 21.3 Å². The van der Waals surface area contributed by atoms with Gasteiger partial charge >= 0.3 is 12.1 Å². The Labute approximate surface area is 169 Å². The Morgan fingerprint density at radius 3 is 2.57 bits per heavy atom. The van der Waals surface area contributed by atoms with Gasteiger partial charge in [-0.05, 0) is 31.6 Å². The van der Waals surface area contributed by atoms with E-state index in [4.69, 9.17) is 9.84 Å². The van der Waals surface area contributed by atoms with Gasteiger partial charge in [0.2, 0.25) is 5.90 Å². The highest BCUT2D eigenvalue weighted by atomic mass is 19.4. The van der Waals surface area contributed by atoms with Gasteiger partial charge in [0.05, 0.1) is 5.56 Å². The summed E-state index contributed by atoms with van der Waals surface area (Å²) in [6.07, 6.45) is -3.45. The van der Waals surface area contributed by atoms with Crippen molar-refractivity contribution in [3.63, 3.8) is 0 Å². The topological polar surface area (TPSA) is 95.1 Å². The smallest absolute Gasteiger partial charge is 0.439 e. The average molecular weight is 427 g/mol. The Hall–Kier alpha value is -3.34. The second-order valence-corrected chi connectivity index (χ2v) is 6.10. The van der Waals surface area contributed by atoms with E-state index in [1.54, 1.807) is 0 Å². The minimum atomic E-state index is -4.86. The zero-order chi connectivity index (χ0) is 22.5. The van der Waals surface area contributed by atoms with E-state index in [0.29, 0.717) is 0 Å². The standard InChI is InChI=1S/C19H20F3N3O5/c1-4-15(29-13-7-5-8-14(11-13)30-19(20,21)22)23-16-12(2)17(27)25(9-6-10-26)18(28)24(16)3/h4-5,7-8,11,26H,1,6,9-10H2,2-3H3. The van der Waals surface area contributed by atoms with E-state index >= 15 is 0 Å². The van der Waals surface area contributed by atoms with Crippen molar-refractivity contribution in [2.75, 3.05) is 6.61 Å². The van der Waals surface area contributed by atoms with Crippen LogP contribution in [-0.4, -0.2) is 33.1 Å². The van der Waals surface area contributed by atoms with Crippen LogP contribution in [0.3, 0.4) is 0 Å². The number of ether oxygens (including phenoxy) is 2. The molecule has 2 aromatic rings. The molecule has 0 aliphatic rings. The Balaban J connectivity index is 2.42. The quantitative estimate of drug-likeness (QED) is 0.541. The van der Waals surface area contributed by atoms with Crippen LogP contribution in [-0.2, 0) is 13.6 Å². The lowest BCUT2D eigenvalue weighted by atomic mass is 10.3. The number of hydrogen-bond acceptors (Lipinski definition) is 6. The molecule has 0 spiro atoms. The van der Waals surface area contributed by atoms with Crippen LogP contribution in [0.5, 0.6) is 11.5 Å². The van der Waals surface area contributed by atoms with Crippen LogP contribution < -0.4 is 20.7 Å². The van der Waals surface area contributed by atoms with Gasteiger partial charge in [0.1, 0.15) is 17.3 Å². The van der Waals surface area contributed by atoms with Crippen molar-refractivity contribution in [1.82, 2.24) is 9.13 Å². The normalized spacial score (nSPS) is 12.0. The molecule has 0 saturated carbocycles. The molecule has 0 saturated heterocycles. The van der Waals surface area contributed by atoms with Crippen LogP contribution in [0, 0.1) is 6.92 Å². The number of alkyl halides is 3. The number of rotatable bonds is 7. The fourth-order valence-electron chi connectivity index (χ4n) is 2.56. The van der Waals surface area contributed by atoms with Crippen LogP contribution in [0.2, 0.25) is 0 Å². The van der Waals surface area contributed by atoms with Gasteiger partial charge in [-0.1, -0.05) is 12.6 Å².